The van der Waals surface area contributed by atoms with Gasteiger partial charge in [-0.2, -0.15) is 0 Å². The summed E-state index contributed by atoms with van der Waals surface area (Å²) >= 11 is 0. The van der Waals surface area contributed by atoms with Crippen molar-refractivity contribution in [1.29, 1.82) is 0 Å². The minimum Gasteiger partial charge on any atom is -0.496 e. The van der Waals surface area contributed by atoms with Crippen LogP contribution in [0.1, 0.15) is 17.5 Å². The molecule has 162 valence electrons. The SMILES string of the molecule is COc1ccc(CN2CCC(=O)N[C@@H](Cc3c[nH]c4ccccc34)C2=O)c2ccccc12. The Kier molecular flexibility index (Phi) is 5.27. The number of nitrogens with one attached hydrogen (secondary N) is 2. The quantitative estimate of drug-likeness (QED) is 0.509. The lowest BCUT2D eigenvalue weighted by atomic mass is 10.0. The largest absolute Gasteiger partial charge is 0.496 e. The van der Waals surface area contributed by atoms with Gasteiger partial charge in [0.1, 0.15) is 11.8 Å². The predicted octanol–water partition coefficient (Wildman–Crippen LogP) is 3.79. The smallest absolute Gasteiger partial charge is 0.245 e. The topological polar surface area (TPSA) is 74.4 Å². The van der Waals surface area contributed by atoms with Gasteiger partial charge < -0.3 is 19.9 Å². The van der Waals surface area contributed by atoms with Crippen molar-refractivity contribution < 1.29 is 14.3 Å². The van der Waals surface area contributed by atoms with E-state index in [0.29, 0.717) is 25.9 Å². The molecule has 32 heavy (non-hydrogen) atoms. The number of nitrogens with zero attached hydrogens (tertiary/aromatic N) is 1. The van der Waals surface area contributed by atoms with Crippen LogP contribution in [0.15, 0.2) is 66.9 Å². The van der Waals surface area contributed by atoms with Crippen LogP contribution in [0, 0.1) is 0 Å². The molecule has 1 saturated heterocycles. The number of H-pyrrole nitrogens is 1. The summed E-state index contributed by atoms with van der Waals surface area (Å²) in [4.78, 5) is 31.0. The van der Waals surface area contributed by atoms with Gasteiger partial charge in [0.2, 0.25) is 11.8 Å². The molecule has 0 unspecified atom stereocenters. The fourth-order valence-electron chi connectivity index (χ4n) is 4.57. The molecule has 1 atom stereocenters. The van der Waals surface area contributed by atoms with E-state index in [2.05, 4.69) is 10.3 Å². The van der Waals surface area contributed by atoms with Crippen LogP contribution in [0.25, 0.3) is 21.7 Å². The first kappa shape index (κ1) is 20.1. The highest BCUT2D eigenvalue weighted by Gasteiger charge is 2.31. The highest BCUT2D eigenvalue weighted by molar-refractivity contribution is 5.93. The molecule has 1 fully saturated rings. The summed E-state index contributed by atoms with van der Waals surface area (Å²) in [5.41, 5.74) is 3.09. The highest BCUT2D eigenvalue weighted by Crippen LogP contribution is 2.29. The molecule has 0 aliphatic carbocycles. The molecule has 5 rings (SSSR count). The number of rotatable bonds is 5. The Morgan fingerprint density at radius 1 is 0.938 bits per heavy atom. The first-order chi connectivity index (χ1) is 15.6. The van der Waals surface area contributed by atoms with Gasteiger partial charge in [0.25, 0.3) is 0 Å². The minimum absolute atomic E-state index is 0.0546. The summed E-state index contributed by atoms with van der Waals surface area (Å²) in [5, 5.41) is 6.08. The van der Waals surface area contributed by atoms with Crippen LogP contribution in [0.5, 0.6) is 5.75 Å². The number of fused-ring (bicyclic) bond motifs is 2. The van der Waals surface area contributed by atoms with E-state index in [9.17, 15) is 9.59 Å². The lowest BCUT2D eigenvalue weighted by molar-refractivity contribution is -0.134. The van der Waals surface area contributed by atoms with Crippen LogP contribution in [-0.4, -0.2) is 41.4 Å². The molecule has 0 bridgehead atoms. The Hall–Kier alpha value is -3.80. The molecule has 0 radical (unpaired) electrons. The first-order valence-electron chi connectivity index (χ1n) is 10.8. The fourth-order valence-corrected chi connectivity index (χ4v) is 4.57. The molecule has 0 saturated carbocycles. The maximum Gasteiger partial charge on any atom is 0.245 e. The molecule has 2 amide bonds. The lowest BCUT2D eigenvalue weighted by Crippen LogP contribution is -2.45. The molecule has 1 aromatic heterocycles. The summed E-state index contributed by atoms with van der Waals surface area (Å²) in [6, 6.07) is 19.4. The second-order valence-corrected chi connectivity index (χ2v) is 8.17. The van der Waals surface area contributed by atoms with Crippen LogP contribution in [0.3, 0.4) is 0 Å². The number of carbonyl (C=O) groups is 2. The molecule has 6 nitrogen and oxygen atoms in total. The normalized spacial score (nSPS) is 16.9. The van der Waals surface area contributed by atoms with Crippen LogP contribution in [0.4, 0.5) is 0 Å². The molecule has 4 aromatic rings. The number of ether oxygens (including phenoxy) is 1. The van der Waals surface area contributed by atoms with Crippen molar-refractivity contribution in [2.24, 2.45) is 0 Å². The number of aromatic nitrogens is 1. The van der Waals surface area contributed by atoms with E-state index in [1.54, 1.807) is 12.0 Å². The number of aromatic amines is 1. The van der Waals surface area contributed by atoms with E-state index in [1.165, 1.54) is 0 Å². The Morgan fingerprint density at radius 2 is 1.69 bits per heavy atom. The minimum atomic E-state index is -0.589. The zero-order chi connectivity index (χ0) is 22.1. The zero-order valence-corrected chi connectivity index (χ0v) is 17.9. The van der Waals surface area contributed by atoms with E-state index in [0.717, 1.165) is 38.6 Å². The molecular weight excluding hydrogens is 402 g/mol. The van der Waals surface area contributed by atoms with Gasteiger partial charge in [0.15, 0.2) is 0 Å². The van der Waals surface area contributed by atoms with Gasteiger partial charge in [0.05, 0.1) is 7.11 Å². The van der Waals surface area contributed by atoms with E-state index in [4.69, 9.17) is 4.74 Å². The summed E-state index contributed by atoms with van der Waals surface area (Å²) in [6.45, 7) is 0.845. The molecular formula is C26H25N3O3. The third-order valence-electron chi connectivity index (χ3n) is 6.21. The standard InChI is InChI=1S/C26H25N3O3/c1-32-24-11-10-17(19-6-2-3-8-21(19)24)16-29-13-12-25(30)28-23(26(29)31)14-18-15-27-22-9-5-4-7-20(18)22/h2-11,15,23,27H,12-14,16H2,1H3,(H,28,30)/t23-/m0/s1. The number of hydrogen-bond acceptors (Lipinski definition) is 3. The Balaban J connectivity index is 1.44. The third kappa shape index (κ3) is 3.68. The molecule has 1 aliphatic rings. The molecule has 6 heteroatoms. The zero-order valence-electron chi connectivity index (χ0n) is 17.9. The first-order valence-corrected chi connectivity index (χ1v) is 10.8. The monoisotopic (exact) mass is 427 g/mol. The van der Waals surface area contributed by atoms with E-state index in [1.807, 2.05) is 66.9 Å². The Morgan fingerprint density at radius 3 is 2.50 bits per heavy atom. The third-order valence-corrected chi connectivity index (χ3v) is 6.21. The van der Waals surface area contributed by atoms with Crippen molar-refractivity contribution in [2.45, 2.75) is 25.4 Å². The number of carbonyl (C=O) groups excluding carboxylic acids is 2. The predicted molar refractivity (Wildman–Crippen MR) is 124 cm³/mol. The van der Waals surface area contributed by atoms with Gasteiger partial charge in [-0.1, -0.05) is 48.5 Å². The second-order valence-electron chi connectivity index (χ2n) is 8.17. The van der Waals surface area contributed by atoms with Crippen LogP contribution in [-0.2, 0) is 22.6 Å². The number of methoxy groups -OCH3 is 1. The summed E-state index contributed by atoms with van der Waals surface area (Å²) in [7, 11) is 1.66. The number of amides is 2. The maximum atomic E-state index is 13.5. The average molecular weight is 428 g/mol. The van der Waals surface area contributed by atoms with Crippen molar-refractivity contribution in [3.8, 4) is 5.75 Å². The van der Waals surface area contributed by atoms with E-state index >= 15 is 0 Å². The number of hydrogen-bond donors (Lipinski definition) is 2. The number of para-hydroxylation sites is 1. The van der Waals surface area contributed by atoms with Gasteiger partial charge in [0, 0.05) is 48.4 Å². The van der Waals surface area contributed by atoms with Crippen molar-refractivity contribution in [2.75, 3.05) is 13.7 Å². The van der Waals surface area contributed by atoms with Gasteiger partial charge in [-0.05, 0) is 28.6 Å². The van der Waals surface area contributed by atoms with E-state index < -0.39 is 6.04 Å². The van der Waals surface area contributed by atoms with Crippen LogP contribution in [0.2, 0.25) is 0 Å². The molecule has 1 aliphatic heterocycles. The molecule has 0 spiro atoms. The van der Waals surface area contributed by atoms with Crippen LogP contribution >= 0.6 is 0 Å². The fraction of sp³-hybridized carbons (Fsp3) is 0.231. The van der Waals surface area contributed by atoms with Gasteiger partial charge in [-0.3, -0.25) is 9.59 Å². The molecule has 2 N–H and O–H groups in total. The second kappa shape index (κ2) is 8.38. The highest BCUT2D eigenvalue weighted by atomic mass is 16.5. The maximum absolute atomic E-state index is 13.5. The van der Waals surface area contributed by atoms with Crippen molar-refractivity contribution in [1.82, 2.24) is 15.2 Å². The Labute approximate surface area is 186 Å². The van der Waals surface area contributed by atoms with Crippen LogP contribution < -0.4 is 10.1 Å². The molecule has 2 heterocycles. The van der Waals surface area contributed by atoms with Crippen molar-refractivity contribution in [3.63, 3.8) is 0 Å². The summed E-state index contributed by atoms with van der Waals surface area (Å²) in [6.07, 6.45) is 2.68. The summed E-state index contributed by atoms with van der Waals surface area (Å²) < 4.78 is 5.50. The summed E-state index contributed by atoms with van der Waals surface area (Å²) in [5.74, 6) is 0.659. The number of benzene rings is 3. The Bertz CT molecular complexity index is 1310. The van der Waals surface area contributed by atoms with Gasteiger partial charge in [-0.25, -0.2) is 0 Å². The van der Waals surface area contributed by atoms with E-state index in [-0.39, 0.29) is 11.8 Å². The lowest BCUT2D eigenvalue weighted by Gasteiger charge is -2.25. The van der Waals surface area contributed by atoms with Crippen molar-refractivity contribution >= 4 is 33.5 Å². The van der Waals surface area contributed by atoms with Crippen molar-refractivity contribution in [3.05, 3.63) is 78.0 Å². The van der Waals surface area contributed by atoms with Gasteiger partial charge >= 0.3 is 0 Å². The average Bonchev–Trinajstić information content (AvgIpc) is 3.18. The molecule has 3 aromatic carbocycles. The van der Waals surface area contributed by atoms with Gasteiger partial charge in [-0.15, -0.1) is 0 Å².